The number of fused-ring (bicyclic) bond motifs is 1. The summed E-state index contributed by atoms with van der Waals surface area (Å²) >= 11 is 0. The van der Waals surface area contributed by atoms with Gasteiger partial charge in [0, 0.05) is 67.8 Å². The molecule has 9 amide bonds. The van der Waals surface area contributed by atoms with Gasteiger partial charge in [-0.1, -0.05) is 99.1 Å². The Morgan fingerprint density at radius 3 is 1.54 bits per heavy atom. The molecule has 2 aromatic heterocycles. The number of carbonyl (C=O) groups excluding carboxylic acids is 9. The lowest BCUT2D eigenvalue weighted by Gasteiger charge is -2.30. The minimum Gasteiger partial charge on any atom is -0.370 e. The molecule has 29 nitrogen and oxygen atoms in total. The van der Waals surface area contributed by atoms with E-state index in [4.69, 9.17) is 40.1 Å². The van der Waals surface area contributed by atoms with Crippen LogP contribution in [0.15, 0.2) is 114 Å². The molecule has 0 bridgehead atoms. The van der Waals surface area contributed by atoms with Crippen molar-refractivity contribution >= 4 is 76.0 Å². The fourth-order valence-corrected chi connectivity index (χ4v) is 9.74. The number of hydrogen-bond acceptors (Lipinski definition) is 14. The largest absolute Gasteiger partial charge is 0.370 e. The summed E-state index contributed by atoms with van der Waals surface area (Å²) in [7, 11) is 0. The topological polar surface area (TPSA) is 501 Å². The first-order valence-electron chi connectivity index (χ1n) is 30.0. The number of aromatic amines is 2. The van der Waals surface area contributed by atoms with Crippen LogP contribution in [-0.4, -0.2) is 155 Å². The van der Waals surface area contributed by atoms with Gasteiger partial charge in [-0.2, -0.15) is 0 Å². The van der Waals surface area contributed by atoms with Crippen LogP contribution in [0, 0.1) is 5.92 Å². The molecule has 5 aromatic rings. The smallest absolute Gasteiger partial charge is 0.243 e. The number of nitrogens with zero attached hydrogens (tertiary/aromatic N) is 3. The van der Waals surface area contributed by atoms with Gasteiger partial charge in [0.15, 0.2) is 11.9 Å². The molecule has 9 atom stereocenters. The number of benzene rings is 3. The van der Waals surface area contributed by atoms with Gasteiger partial charge in [0.2, 0.25) is 53.2 Å². The van der Waals surface area contributed by atoms with Crippen molar-refractivity contribution < 1.29 is 43.2 Å². The van der Waals surface area contributed by atoms with Crippen LogP contribution in [0.3, 0.4) is 0 Å². The highest BCUT2D eigenvalue weighted by Crippen LogP contribution is 2.20. The Bertz CT molecular complexity index is 3190. The second-order valence-corrected chi connectivity index (χ2v) is 21.9. The lowest BCUT2D eigenvalue weighted by Crippen LogP contribution is -2.62. The SMILES string of the molecule is CC[C@H](C)[C@H](NC(=O)[C@@H](Cc1ccccc1)NC(=O)[C@@H](Cc1c[nH]c2ccccc12)NC(=O)[C@@H](N)CCCN=C(N)N)C(=O)N[C@H](Cc1ccccc1)C(=O)N[C@@H](Cc1cnc[nH]1)C(=O)N[C@@H](CCCCN)C(=O)N[C@@H](CCCN=C(N)N)C(=O)NCC(N)=O. The number of hydrogen-bond donors (Lipinski definition) is 17. The zero-order chi connectivity index (χ0) is 65.5. The van der Waals surface area contributed by atoms with Crippen LogP contribution in [0.2, 0.25) is 0 Å². The van der Waals surface area contributed by atoms with Crippen molar-refractivity contribution in [1.29, 1.82) is 0 Å². The number of aromatic nitrogens is 3. The molecule has 0 spiro atoms. The normalized spacial score (nSPS) is 14.0. The fourth-order valence-electron chi connectivity index (χ4n) is 9.74. The molecule has 0 radical (unpaired) electrons. The maximum atomic E-state index is 14.9. The fraction of sp³-hybridized carbons (Fsp3) is 0.443. The van der Waals surface area contributed by atoms with Gasteiger partial charge in [-0.05, 0) is 80.2 Å². The Balaban J connectivity index is 1.43. The van der Waals surface area contributed by atoms with E-state index in [1.54, 1.807) is 73.8 Å². The Hall–Kier alpha value is -9.90. The number of unbranched alkanes of at least 4 members (excludes halogenated alkanes) is 1. The first kappa shape index (κ1) is 70.9. The van der Waals surface area contributed by atoms with E-state index in [9.17, 15) is 43.2 Å². The third-order valence-corrected chi connectivity index (χ3v) is 14.9. The predicted octanol–water partition coefficient (Wildman–Crippen LogP) is -2.23. The van der Waals surface area contributed by atoms with E-state index in [0.29, 0.717) is 48.1 Å². The molecule has 29 heteroatoms. The van der Waals surface area contributed by atoms with Crippen molar-refractivity contribution in [2.45, 2.75) is 139 Å². The van der Waals surface area contributed by atoms with E-state index in [1.807, 2.05) is 31.2 Å². The number of imidazole rings is 1. The second-order valence-electron chi connectivity index (χ2n) is 21.9. The van der Waals surface area contributed by atoms with E-state index in [1.165, 1.54) is 12.5 Å². The van der Waals surface area contributed by atoms with Gasteiger partial charge in [0.05, 0.1) is 18.9 Å². The Morgan fingerprint density at radius 2 is 1.00 bits per heavy atom. The molecule has 486 valence electrons. The number of primary amides is 1. The van der Waals surface area contributed by atoms with E-state index < -0.39 is 114 Å². The maximum Gasteiger partial charge on any atom is 0.243 e. The number of guanidine groups is 2. The van der Waals surface area contributed by atoms with E-state index in [-0.39, 0.29) is 82.9 Å². The second kappa shape index (κ2) is 37.1. The van der Waals surface area contributed by atoms with Crippen molar-refractivity contribution in [2.24, 2.45) is 56.0 Å². The molecule has 0 aliphatic carbocycles. The Labute approximate surface area is 522 Å². The van der Waals surface area contributed by atoms with Gasteiger partial charge in [0.25, 0.3) is 0 Å². The van der Waals surface area contributed by atoms with Gasteiger partial charge in [-0.15, -0.1) is 0 Å². The number of amides is 9. The molecular formula is C61H88N20O9. The van der Waals surface area contributed by atoms with Crippen LogP contribution in [0.25, 0.3) is 10.9 Å². The molecule has 0 saturated carbocycles. The van der Waals surface area contributed by atoms with Crippen LogP contribution in [0.1, 0.15) is 87.6 Å². The summed E-state index contributed by atoms with van der Waals surface area (Å²) in [5.74, 6) is -7.69. The molecule has 5 rings (SSSR count). The molecule has 0 unspecified atom stereocenters. The molecular weight excluding hydrogens is 1160 g/mol. The van der Waals surface area contributed by atoms with Gasteiger partial charge in [-0.3, -0.25) is 53.1 Å². The Kier molecular flexibility index (Phi) is 29.2. The molecule has 3 aromatic carbocycles. The number of carbonyl (C=O) groups is 9. The summed E-state index contributed by atoms with van der Waals surface area (Å²) in [4.78, 5) is 145. The summed E-state index contributed by atoms with van der Waals surface area (Å²) < 4.78 is 0. The van der Waals surface area contributed by atoms with Crippen LogP contribution >= 0.6 is 0 Å². The number of H-pyrrole nitrogens is 2. The van der Waals surface area contributed by atoms with Gasteiger partial charge >= 0.3 is 0 Å². The summed E-state index contributed by atoms with van der Waals surface area (Å²) in [6.45, 7) is 3.64. The number of aliphatic imine (C=N–C) groups is 2. The zero-order valence-corrected chi connectivity index (χ0v) is 50.9. The third-order valence-electron chi connectivity index (χ3n) is 14.9. The average molecular weight is 1250 g/mol. The van der Waals surface area contributed by atoms with Crippen molar-refractivity contribution in [3.05, 3.63) is 126 Å². The summed E-state index contributed by atoms with van der Waals surface area (Å²) in [5, 5.41) is 22.8. The maximum absolute atomic E-state index is 14.9. The van der Waals surface area contributed by atoms with Crippen molar-refractivity contribution in [3.8, 4) is 0 Å². The van der Waals surface area contributed by atoms with Crippen molar-refractivity contribution in [1.82, 2.24) is 57.5 Å². The summed E-state index contributed by atoms with van der Waals surface area (Å²) in [5.41, 5.74) is 42.5. The van der Waals surface area contributed by atoms with Crippen LogP contribution in [0.5, 0.6) is 0 Å². The molecule has 24 N–H and O–H groups in total. The van der Waals surface area contributed by atoms with Crippen LogP contribution < -0.4 is 82.7 Å². The lowest BCUT2D eigenvalue weighted by molar-refractivity contribution is -0.136. The van der Waals surface area contributed by atoms with Crippen LogP contribution in [0.4, 0.5) is 0 Å². The summed E-state index contributed by atoms with van der Waals surface area (Å²) in [6, 6.07) is 14.8. The Morgan fingerprint density at radius 1 is 0.522 bits per heavy atom. The highest BCUT2D eigenvalue weighted by Gasteiger charge is 2.37. The van der Waals surface area contributed by atoms with Gasteiger partial charge < -0.3 is 92.6 Å². The summed E-state index contributed by atoms with van der Waals surface area (Å²) in [6.07, 6.45) is 6.26. The molecule has 0 aliphatic heterocycles. The minimum atomic E-state index is -1.42. The molecule has 0 saturated heterocycles. The first-order valence-corrected chi connectivity index (χ1v) is 30.0. The first-order chi connectivity index (χ1) is 43.1. The van der Waals surface area contributed by atoms with E-state index in [2.05, 4.69) is 67.5 Å². The molecule has 2 heterocycles. The molecule has 90 heavy (non-hydrogen) atoms. The number of para-hydroxylation sites is 1. The van der Waals surface area contributed by atoms with Crippen molar-refractivity contribution in [2.75, 3.05) is 26.2 Å². The quantitative estimate of drug-likeness (QED) is 0.0112. The van der Waals surface area contributed by atoms with Crippen molar-refractivity contribution in [3.63, 3.8) is 0 Å². The monoisotopic (exact) mass is 1240 g/mol. The predicted molar refractivity (Wildman–Crippen MR) is 340 cm³/mol. The standard InChI is InChI=1S/C61H88N20O9/c1-3-36(2)51(81-58(89)47(29-38-18-8-5-9-19-38)78-56(87)48(30-39-32-72-43-22-11-10-20-41(39)43)77-52(83)42(63)21-14-26-70-60(65)66)59(90)80-46(28-37-16-6-4-7-17-37)55(86)79-49(31-40-33-69-35-74-40)57(88)76-45(23-12-13-25-62)54(85)75-44(24-15-27-71-61(67)68)53(84)73-34-50(64)82/h4-11,16-20,22,32-33,35-36,42,44-49,51,72H,3,12-15,21,23-31,34,62-63H2,1-2H3,(H2,64,82)(H,69,74)(H,73,84)(H,75,85)(H,76,88)(H,77,83)(H,78,87)(H,79,86)(H,80,90)(H,81,89)(H4,65,66,70)(H4,67,68,71)/t36-,42-,44-,45-,46+,47+,48+,49-,51-/m0/s1. The highest BCUT2D eigenvalue weighted by molar-refractivity contribution is 5.99. The molecule has 0 aliphatic rings. The van der Waals surface area contributed by atoms with E-state index >= 15 is 0 Å². The van der Waals surface area contributed by atoms with Gasteiger partial charge in [0.1, 0.15) is 42.3 Å². The average Bonchev–Trinajstić information content (AvgIpc) is 1.90. The lowest BCUT2D eigenvalue weighted by atomic mass is 9.96. The number of rotatable bonds is 39. The molecule has 0 fully saturated rings. The third kappa shape index (κ3) is 24.0. The number of nitrogens with two attached hydrogens (primary N) is 7. The minimum absolute atomic E-state index is 0.00911. The van der Waals surface area contributed by atoms with Crippen LogP contribution in [-0.2, 0) is 68.8 Å². The highest BCUT2D eigenvalue weighted by atomic mass is 16.2. The van der Waals surface area contributed by atoms with Gasteiger partial charge in [-0.25, -0.2) is 4.98 Å². The number of nitrogens with one attached hydrogen (secondary N) is 10. The zero-order valence-electron chi connectivity index (χ0n) is 50.9. The van der Waals surface area contributed by atoms with E-state index in [0.717, 1.165) is 10.9 Å².